The molecular formula is C16H15N4O2S+. The zero-order valence-corrected chi connectivity index (χ0v) is 13.2. The summed E-state index contributed by atoms with van der Waals surface area (Å²) in [6, 6.07) is 10.9. The summed E-state index contributed by atoms with van der Waals surface area (Å²) in [4.78, 5) is 20.9. The average molecular weight is 327 g/mol. The Kier molecular flexibility index (Phi) is 4.20. The number of primary amides is 1. The summed E-state index contributed by atoms with van der Waals surface area (Å²) in [5.74, 6) is -0.457. The van der Waals surface area contributed by atoms with Gasteiger partial charge in [-0.25, -0.2) is 4.98 Å². The van der Waals surface area contributed by atoms with Crippen molar-refractivity contribution in [2.75, 3.05) is 12.4 Å². The van der Waals surface area contributed by atoms with E-state index in [0.29, 0.717) is 5.56 Å². The average Bonchev–Trinajstić information content (AvgIpc) is 3.03. The molecule has 0 atom stereocenters. The Labute approximate surface area is 137 Å². The monoisotopic (exact) mass is 327 g/mol. The molecule has 3 N–H and O–H groups in total. The first-order valence-electron chi connectivity index (χ1n) is 6.84. The van der Waals surface area contributed by atoms with Gasteiger partial charge in [-0.05, 0) is 24.3 Å². The minimum Gasteiger partial charge on any atom is -0.366 e. The molecule has 23 heavy (non-hydrogen) atoms. The highest BCUT2D eigenvalue weighted by molar-refractivity contribution is 7.14. The van der Waals surface area contributed by atoms with Gasteiger partial charge in [0.25, 0.3) is 0 Å². The topological polar surface area (TPSA) is 81.1 Å². The van der Waals surface area contributed by atoms with Crippen LogP contribution in [-0.2, 0) is 0 Å². The van der Waals surface area contributed by atoms with Crippen LogP contribution in [0.2, 0.25) is 0 Å². The van der Waals surface area contributed by atoms with E-state index in [1.54, 1.807) is 30.0 Å². The molecule has 0 fully saturated rings. The van der Waals surface area contributed by atoms with Crippen LogP contribution < -0.4 is 20.6 Å². The highest BCUT2D eigenvalue weighted by atomic mass is 32.1. The number of nitrogens with one attached hydrogen (secondary N) is 1. The second-order valence-corrected chi connectivity index (χ2v) is 5.60. The zero-order valence-electron chi connectivity index (χ0n) is 12.4. The normalized spacial score (nSPS) is 10.3. The number of nitrogens with zero attached hydrogens (tertiary/aromatic N) is 2. The van der Waals surface area contributed by atoms with Crippen molar-refractivity contribution in [3.05, 3.63) is 59.7 Å². The summed E-state index contributed by atoms with van der Waals surface area (Å²) in [7, 11) is 1.60. The van der Waals surface area contributed by atoms with E-state index < -0.39 is 5.91 Å². The number of benzene rings is 1. The molecule has 3 rings (SSSR count). The molecular weight excluding hydrogens is 312 g/mol. The molecule has 0 saturated heterocycles. The van der Waals surface area contributed by atoms with Gasteiger partial charge in [0.15, 0.2) is 5.13 Å². The van der Waals surface area contributed by atoms with Crippen LogP contribution in [-0.4, -0.2) is 18.0 Å². The fourth-order valence-corrected chi connectivity index (χ4v) is 2.80. The van der Waals surface area contributed by atoms with Gasteiger partial charge in [-0.2, -0.15) is 0 Å². The number of amides is 1. The second-order valence-electron chi connectivity index (χ2n) is 4.74. The van der Waals surface area contributed by atoms with Gasteiger partial charge < -0.3 is 11.1 Å². The lowest BCUT2D eigenvalue weighted by atomic mass is 10.2. The van der Waals surface area contributed by atoms with Crippen molar-refractivity contribution < 1.29 is 14.4 Å². The first kappa shape index (κ1) is 15.0. The van der Waals surface area contributed by atoms with Crippen LogP contribution in [0.1, 0.15) is 10.4 Å². The van der Waals surface area contributed by atoms with Crippen LogP contribution in [0.25, 0.3) is 11.3 Å². The molecule has 0 aliphatic rings. The number of nitrogens with two attached hydrogens (primary N) is 1. The van der Waals surface area contributed by atoms with E-state index in [2.05, 4.69) is 10.3 Å². The van der Waals surface area contributed by atoms with Crippen LogP contribution in [0.4, 0.5) is 10.8 Å². The molecule has 0 bridgehead atoms. The van der Waals surface area contributed by atoms with Crippen LogP contribution in [0.5, 0.6) is 0 Å². The minimum atomic E-state index is -0.457. The standard InChI is InChI=1S/C16H14N4O2S/c1-22-20-7-3-5-12(9-20)14-10-23-16(19-14)18-13-6-2-4-11(8-13)15(17)21/h2-10H,1H3,(H2-,17,18,19,21)/p+1. The largest absolute Gasteiger partial charge is 0.366 e. The van der Waals surface area contributed by atoms with Gasteiger partial charge in [0.2, 0.25) is 18.3 Å². The van der Waals surface area contributed by atoms with Crippen molar-refractivity contribution in [3.8, 4) is 11.3 Å². The Morgan fingerprint density at radius 2 is 2.22 bits per heavy atom. The first-order chi connectivity index (χ1) is 11.2. The van der Waals surface area contributed by atoms with E-state index in [0.717, 1.165) is 22.1 Å². The maximum atomic E-state index is 11.2. The van der Waals surface area contributed by atoms with Gasteiger partial charge in [0, 0.05) is 27.4 Å². The number of carbonyl (C=O) groups is 1. The minimum absolute atomic E-state index is 0.455. The molecule has 0 aliphatic heterocycles. The molecule has 1 amide bonds. The lowest BCUT2D eigenvalue weighted by Gasteiger charge is -2.03. The Morgan fingerprint density at radius 3 is 3.00 bits per heavy atom. The van der Waals surface area contributed by atoms with Crippen molar-refractivity contribution in [2.45, 2.75) is 0 Å². The maximum absolute atomic E-state index is 11.2. The van der Waals surface area contributed by atoms with Crippen molar-refractivity contribution in [2.24, 2.45) is 5.73 Å². The van der Waals surface area contributed by atoms with Crippen molar-refractivity contribution in [3.63, 3.8) is 0 Å². The van der Waals surface area contributed by atoms with E-state index in [4.69, 9.17) is 10.6 Å². The third kappa shape index (κ3) is 3.46. The fourth-order valence-electron chi connectivity index (χ4n) is 2.06. The molecule has 7 heteroatoms. The van der Waals surface area contributed by atoms with E-state index in [-0.39, 0.29) is 0 Å². The zero-order chi connectivity index (χ0) is 16.2. The van der Waals surface area contributed by atoms with Crippen LogP contribution >= 0.6 is 11.3 Å². The highest BCUT2D eigenvalue weighted by Crippen LogP contribution is 2.26. The molecule has 0 saturated carbocycles. The van der Waals surface area contributed by atoms with Gasteiger partial charge in [0.1, 0.15) is 7.11 Å². The predicted molar refractivity (Wildman–Crippen MR) is 88.5 cm³/mol. The Balaban J connectivity index is 1.82. The van der Waals surface area contributed by atoms with E-state index in [1.807, 2.05) is 36.0 Å². The number of hydrogen-bond acceptors (Lipinski definition) is 5. The van der Waals surface area contributed by atoms with Gasteiger partial charge in [-0.3, -0.25) is 9.63 Å². The molecule has 0 unspecified atom stereocenters. The first-order valence-corrected chi connectivity index (χ1v) is 7.72. The summed E-state index contributed by atoms with van der Waals surface area (Å²) >= 11 is 1.48. The molecule has 6 nitrogen and oxygen atoms in total. The quantitative estimate of drug-likeness (QED) is 0.702. The molecule has 3 aromatic rings. The van der Waals surface area contributed by atoms with Crippen molar-refractivity contribution in [1.29, 1.82) is 0 Å². The van der Waals surface area contributed by atoms with Crippen LogP contribution in [0.3, 0.4) is 0 Å². The predicted octanol–water partition coefficient (Wildman–Crippen LogP) is 2.00. The van der Waals surface area contributed by atoms with Crippen LogP contribution in [0, 0.1) is 0 Å². The van der Waals surface area contributed by atoms with E-state index >= 15 is 0 Å². The molecule has 0 radical (unpaired) electrons. The Hall–Kier alpha value is -2.93. The smallest absolute Gasteiger partial charge is 0.248 e. The van der Waals surface area contributed by atoms with Crippen LogP contribution in [0.15, 0.2) is 54.2 Å². The molecule has 2 heterocycles. The SMILES string of the molecule is CO[n+]1cccc(-c2csc(Nc3cccc(C(N)=O)c3)n2)c1. The van der Waals surface area contributed by atoms with E-state index in [9.17, 15) is 4.79 Å². The van der Waals surface area contributed by atoms with Gasteiger partial charge in [-0.15, -0.1) is 11.3 Å². The number of hydrogen-bond donors (Lipinski definition) is 2. The Bertz CT molecular complexity index is 847. The highest BCUT2D eigenvalue weighted by Gasteiger charge is 2.10. The fraction of sp³-hybridized carbons (Fsp3) is 0.0625. The summed E-state index contributed by atoms with van der Waals surface area (Å²) < 4.78 is 1.61. The van der Waals surface area contributed by atoms with Crippen molar-refractivity contribution >= 4 is 28.1 Å². The molecule has 2 aromatic heterocycles. The summed E-state index contributed by atoms with van der Waals surface area (Å²) in [5, 5.41) is 5.86. The number of aromatic nitrogens is 2. The van der Waals surface area contributed by atoms with Gasteiger partial charge >= 0.3 is 0 Å². The van der Waals surface area contributed by atoms with Crippen molar-refractivity contribution in [1.82, 2.24) is 4.98 Å². The Morgan fingerprint density at radius 1 is 1.35 bits per heavy atom. The lowest BCUT2D eigenvalue weighted by molar-refractivity contribution is -0.885. The number of pyridine rings is 1. The number of anilines is 2. The number of rotatable bonds is 5. The number of thiazole rings is 1. The summed E-state index contributed by atoms with van der Waals surface area (Å²) in [6.45, 7) is 0. The summed E-state index contributed by atoms with van der Waals surface area (Å²) in [6.07, 6.45) is 3.66. The maximum Gasteiger partial charge on any atom is 0.248 e. The third-order valence-corrected chi connectivity index (χ3v) is 3.94. The molecule has 1 aromatic carbocycles. The molecule has 116 valence electrons. The number of carbonyl (C=O) groups excluding carboxylic acids is 1. The third-order valence-electron chi connectivity index (χ3n) is 3.18. The van der Waals surface area contributed by atoms with E-state index in [1.165, 1.54) is 11.3 Å². The van der Waals surface area contributed by atoms with Gasteiger partial charge in [-0.1, -0.05) is 6.07 Å². The molecule has 0 aliphatic carbocycles. The lowest BCUT2D eigenvalue weighted by Crippen LogP contribution is -2.39. The second kappa shape index (κ2) is 6.45. The molecule has 0 spiro atoms. The summed E-state index contributed by atoms with van der Waals surface area (Å²) in [5.41, 5.74) is 8.30. The van der Waals surface area contributed by atoms with Gasteiger partial charge in [0.05, 0.1) is 11.3 Å².